The second-order valence-electron chi connectivity index (χ2n) is 16.2. The first-order chi connectivity index (χ1) is 21.7. The summed E-state index contributed by atoms with van der Waals surface area (Å²) < 4.78 is 0. The van der Waals surface area contributed by atoms with E-state index in [0.717, 1.165) is 32.7 Å². The van der Waals surface area contributed by atoms with E-state index in [2.05, 4.69) is 174 Å². The molecular weight excluding hydrogens is 558 g/mol. The van der Waals surface area contributed by atoms with Gasteiger partial charge >= 0.3 is 0 Å². The van der Waals surface area contributed by atoms with Crippen molar-refractivity contribution in [3.05, 3.63) is 130 Å². The highest BCUT2D eigenvalue weighted by Gasteiger charge is 2.28. The monoisotopic (exact) mass is 615 g/mol. The van der Waals surface area contributed by atoms with Crippen molar-refractivity contribution in [3.8, 4) is 11.1 Å². The highest BCUT2D eigenvalue weighted by Crippen LogP contribution is 2.35. The molecule has 244 valence electrons. The Morgan fingerprint density at radius 1 is 0.348 bits per heavy atom. The number of fused-ring (bicyclic) bond motifs is 5. The van der Waals surface area contributed by atoms with E-state index in [9.17, 15) is 0 Å². The zero-order chi connectivity index (χ0) is 33.1. The zero-order valence-corrected chi connectivity index (χ0v) is 30.0. The zero-order valence-electron chi connectivity index (χ0n) is 30.0. The molecule has 0 N–H and O–H groups in total. The molecule has 0 radical (unpaired) electrons. The van der Waals surface area contributed by atoms with E-state index in [1.807, 2.05) is 0 Å². The van der Waals surface area contributed by atoms with Gasteiger partial charge in [0.2, 0.25) is 0 Å². The highest BCUT2D eigenvalue weighted by atomic mass is 15.2. The quantitative estimate of drug-likeness (QED) is 0.195. The number of benzene rings is 4. The van der Waals surface area contributed by atoms with Crippen molar-refractivity contribution < 1.29 is 0 Å². The molecule has 7 rings (SSSR count). The minimum absolute atomic E-state index is 0.185. The van der Waals surface area contributed by atoms with Crippen LogP contribution in [-0.2, 0) is 39.1 Å². The van der Waals surface area contributed by atoms with Crippen molar-refractivity contribution in [1.29, 1.82) is 0 Å². The summed E-state index contributed by atoms with van der Waals surface area (Å²) in [6.45, 7) is 27.2. The molecule has 3 aliphatic heterocycles. The third kappa shape index (κ3) is 8.37. The van der Waals surface area contributed by atoms with Crippen molar-refractivity contribution in [3.63, 3.8) is 0 Å². The van der Waals surface area contributed by atoms with Gasteiger partial charge in [-0.3, -0.25) is 14.7 Å². The third-order valence-corrected chi connectivity index (χ3v) is 9.86. The molecule has 4 aromatic carbocycles. The van der Waals surface area contributed by atoms with Crippen LogP contribution in [-0.4, -0.2) is 37.9 Å². The summed E-state index contributed by atoms with van der Waals surface area (Å²) in [5, 5.41) is 0. The molecule has 3 heteroatoms. The van der Waals surface area contributed by atoms with E-state index in [1.54, 1.807) is 0 Å². The van der Waals surface area contributed by atoms with Gasteiger partial charge in [0.05, 0.1) is 0 Å². The van der Waals surface area contributed by atoms with Crippen LogP contribution < -0.4 is 0 Å². The van der Waals surface area contributed by atoms with Gasteiger partial charge in [-0.05, 0) is 113 Å². The predicted octanol–water partition coefficient (Wildman–Crippen LogP) is 10.1. The topological polar surface area (TPSA) is 9.72 Å². The molecule has 46 heavy (non-hydrogen) atoms. The number of nitrogens with zero attached hydrogens (tertiary/aromatic N) is 3. The fourth-order valence-electron chi connectivity index (χ4n) is 6.66. The van der Waals surface area contributed by atoms with Gasteiger partial charge in [-0.2, -0.15) is 0 Å². The molecule has 0 aromatic heterocycles. The lowest BCUT2D eigenvalue weighted by atomic mass is 9.95. The number of hydrogen-bond donors (Lipinski definition) is 0. The maximum atomic E-state index is 2.55. The van der Waals surface area contributed by atoms with Crippen molar-refractivity contribution in [2.75, 3.05) is 6.54 Å². The largest absolute Gasteiger partial charge is 0.294 e. The van der Waals surface area contributed by atoms with Crippen molar-refractivity contribution >= 4 is 0 Å². The molecule has 4 aromatic rings. The molecule has 3 nitrogen and oxygen atoms in total. The van der Waals surface area contributed by atoms with E-state index in [-0.39, 0.29) is 5.54 Å². The van der Waals surface area contributed by atoms with E-state index in [0.29, 0.717) is 11.1 Å². The molecule has 0 unspecified atom stereocenters. The lowest BCUT2D eigenvalue weighted by Gasteiger charge is -2.39. The standard InChI is InChI=1S/C18H21N.C13H19N.C12H17N/c1-18(2,3)19-12-14-8-4-6-10-16(14)17-11-7-5-9-15(17)13-19;1-13(2,3)14-9-8-11-6-4-5-7-12(11)10-14;1-12(2,3)13-8-10-6-4-5-7-11(10)9-13/h4-11H,12-13H2,1-3H3;4-7H,8-10H2,1-3H3;4-7H,8-9H2,1-3H3. The smallest absolute Gasteiger partial charge is 0.0248 e. The Kier molecular flexibility index (Phi) is 10.3. The van der Waals surface area contributed by atoms with Crippen LogP contribution >= 0.6 is 0 Å². The Hall–Kier alpha value is -3.24. The summed E-state index contributed by atoms with van der Waals surface area (Å²) in [6.07, 6.45) is 1.20. The Bertz CT molecular complexity index is 1520. The first-order valence-electron chi connectivity index (χ1n) is 17.2. The Morgan fingerprint density at radius 3 is 1.02 bits per heavy atom. The SMILES string of the molecule is CC(C)(C)N1CCc2ccccc2C1.CC(C)(C)N1Cc2ccccc2-c2ccccc2C1.CC(C)(C)N1Cc2ccccc2C1. The van der Waals surface area contributed by atoms with Crippen LogP contribution in [0.1, 0.15) is 95.7 Å². The molecule has 0 saturated carbocycles. The van der Waals surface area contributed by atoms with Gasteiger partial charge in [-0.1, -0.05) is 97.1 Å². The Balaban J connectivity index is 0.000000139. The van der Waals surface area contributed by atoms with Crippen LogP contribution in [0.5, 0.6) is 0 Å². The van der Waals surface area contributed by atoms with Crippen LogP contribution in [0.4, 0.5) is 0 Å². The first kappa shape index (κ1) is 34.1. The predicted molar refractivity (Wildman–Crippen MR) is 197 cm³/mol. The second-order valence-corrected chi connectivity index (χ2v) is 16.2. The summed E-state index contributed by atoms with van der Waals surface area (Å²) >= 11 is 0. The molecule has 0 atom stereocenters. The molecule has 0 bridgehead atoms. The van der Waals surface area contributed by atoms with Gasteiger partial charge in [0.25, 0.3) is 0 Å². The lowest BCUT2D eigenvalue weighted by molar-refractivity contribution is 0.120. The van der Waals surface area contributed by atoms with Crippen LogP contribution in [0.2, 0.25) is 0 Å². The summed E-state index contributed by atoms with van der Waals surface area (Å²) in [5.74, 6) is 0. The normalized spacial score (nSPS) is 16.8. The highest BCUT2D eigenvalue weighted by molar-refractivity contribution is 5.71. The average Bonchev–Trinajstić information content (AvgIpc) is 3.39. The van der Waals surface area contributed by atoms with Crippen LogP contribution in [0.25, 0.3) is 11.1 Å². The van der Waals surface area contributed by atoms with Crippen LogP contribution in [0.15, 0.2) is 97.1 Å². The van der Waals surface area contributed by atoms with E-state index < -0.39 is 0 Å². The Labute approximate surface area is 280 Å². The second kappa shape index (κ2) is 13.9. The summed E-state index contributed by atoms with van der Waals surface area (Å²) in [7, 11) is 0. The van der Waals surface area contributed by atoms with Crippen LogP contribution in [0, 0.1) is 0 Å². The van der Waals surface area contributed by atoms with E-state index in [4.69, 9.17) is 0 Å². The minimum Gasteiger partial charge on any atom is -0.294 e. The molecular formula is C43H57N3. The van der Waals surface area contributed by atoms with Gasteiger partial charge < -0.3 is 0 Å². The molecule has 0 spiro atoms. The summed E-state index contributed by atoms with van der Waals surface area (Å²) in [4.78, 5) is 7.62. The van der Waals surface area contributed by atoms with E-state index in [1.165, 1.54) is 57.5 Å². The molecule has 0 fully saturated rings. The fraction of sp³-hybridized carbons (Fsp3) is 0.442. The maximum Gasteiger partial charge on any atom is 0.0248 e. The molecule has 0 aliphatic carbocycles. The number of hydrogen-bond acceptors (Lipinski definition) is 3. The molecule has 0 amide bonds. The average molecular weight is 616 g/mol. The van der Waals surface area contributed by atoms with Crippen molar-refractivity contribution in [2.45, 2.75) is 118 Å². The molecule has 3 heterocycles. The summed E-state index contributed by atoms with van der Waals surface area (Å²) in [6, 6.07) is 35.1. The Morgan fingerprint density at radius 2 is 0.630 bits per heavy atom. The van der Waals surface area contributed by atoms with Gasteiger partial charge in [-0.15, -0.1) is 0 Å². The molecule has 0 saturated heterocycles. The summed E-state index contributed by atoms with van der Waals surface area (Å²) in [5.41, 5.74) is 12.5. The van der Waals surface area contributed by atoms with Gasteiger partial charge in [0, 0.05) is 55.9 Å². The van der Waals surface area contributed by atoms with E-state index >= 15 is 0 Å². The van der Waals surface area contributed by atoms with Gasteiger partial charge in [0.1, 0.15) is 0 Å². The lowest BCUT2D eigenvalue weighted by Crippen LogP contribution is -2.44. The van der Waals surface area contributed by atoms with Gasteiger partial charge in [-0.25, -0.2) is 0 Å². The molecule has 3 aliphatic rings. The van der Waals surface area contributed by atoms with Crippen molar-refractivity contribution in [1.82, 2.24) is 14.7 Å². The third-order valence-electron chi connectivity index (χ3n) is 9.86. The fourth-order valence-corrected chi connectivity index (χ4v) is 6.66. The van der Waals surface area contributed by atoms with Gasteiger partial charge in [0.15, 0.2) is 0 Å². The van der Waals surface area contributed by atoms with Crippen molar-refractivity contribution in [2.24, 2.45) is 0 Å². The van der Waals surface area contributed by atoms with Crippen LogP contribution in [0.3, 0.4) is 0 Å². The maximum absolute atomic E-state index is 2.55. The number of rotatable bonds is 0. The first-order valence-corrected chi connectivity index (χ1v) is 17.2. The minimum atomic E-state index is 0.185.